The van der Waals surface area contributed by atoms with Crippen molar-refractivity contribution < 1.29 is 4.74 Å². The van der Waals surface area contributed by atoms with Gasteiger partial charge in [0.1, 0.15) is 12.4 Å². The molecule has 2 heterocycles. The number of para-hydroxylation sites is 3. The lowest BCUT2D eigenvalue weighted by molar-refractivity contribution is 0.245. The molecule has 0 atom stereocenters. The number of hydrogen-bond acceptors (Lipinski definition) is 5. The average molecular weight is 381 g/mol. The zero-order valence-corrected chi connectivity index (χ0v) is 17.2. The summed E-state index contributed by atoms with van der Waals surface area (Å²) in [4.78, 5) is 7.19. The summed E-state index contributed by atoms with van der Waals surface area (Å²) in [5, 5.41) is 3.57. The van der Waals surface area contributed by atoms with E-state index in [0.717, 1.165) is 64.6 Å². The van der Waals surface area contributed by atoms with Crippen LogP contribution in [0.25, 0.3) is 0 Å². The van der Waals surface area contributed by atoms with Crippen LogP contribution in [0.4, 0.5) is 11.4 Å². The molecule has 1 N–H and O–H groups in total. The lowest BCUT2D eigenvalue weighted by Gasteiger charge is -2.37. The molecule has 150 valence electrons. The Kier molecular flexibility index (Phi) is 6.03. The van der Waals surface area contributed by atoms with E-state index in [9.17, 15) is 0 Å². The number of likely N-dealkylation sites (N-methyl/N-ethyl adjacent to an activating group) is 1. The van der Waals surface area contributed by atoms with Crippen molar-refractivity contribution in [3.8, 4) is 5.75 Å². The predicted molar refractivity (Wildman–Crippen MR) is 117 cm³/mol. The molecule has 0 radical (unpaired) electrons. The first-order valence-electron chi connectivity index (χ1n) is 10.4. The lowest BCUT2D eigenvalue weighted by Crippen LogP contribution is -2.46. The van der Waals surface area contributed by atoms with Crippen LogP contribution in [0.2, 0.25) is 0 Å². The molecule has 0 saturated carbocycles. The molecule has 4 rings (SSSR count). The minimum atomic E-state index is 0.718. The molecule has 0 spiro atoms. The molecule has 28 heavy (non-hydrogen) atoms. The Hall–Kier alpha value is -2.24. The van der Waals surface area contributed by atoms with E-state index in [-0.39, 0.29) is 0 Å². The highest BCUT2D eigenvalue weighted by Crippen LogP contribution is 2.30. The number of rotatable bonds is 7. The molecule has 2 aliphatic rings. The first-order valence-corrected chi connectivity index (χ1v) is 10.4. The quantitative estimate of drug-likeness (QED) is 0.798. The maximum absolute atomic E-state index is 6.07. The second-order valence-corrected chi connectivity index (χ2v) is 8.01. The molecule has 1 fully saturated rings. The highest BCUT2D eigenvalue weighted by atomic mass is 16.5. The van der Waals surface area contributed by atoms with Gasteiger partial charge in [0.2, 0.25) is 0 Å². The summed E-state index contributed by atoms with van der Waals surface area (Å²) < 4.78 is 6.07. The van der Waals surface area contributed by atoms with E-state index in [2.05, 4.69) is 76.6 Å². The van der Waals surface area contributed by atoms with E-state index >= 15 is 0 Å². The van der Waals surface area contributed by atoms with Crippen LogP contribution in [0.3, 0.4) is 0 Å². The fraction of sp³-hybridized carbons (Fsp3) is 0.478. The molecule has 5 nitrogen and oxygen atoms in total. The van der Waals surface area contributed by atoms with E-state index < -0.39 is 0 Å². The summed E-state index contributed by atoms with van der Waals surface area (Å²) >= 11 is 0. The van der Waals surface area contributed by atoms with Crippen molar-refractivity contribution in [2.75, 3.05) is 70.2 Å². The van der Waals surface area contributed by atoms with Gasteiger partial charge < -0.3 is 19.9 Å². The first-order chi connectivity index (χ1) is 13.7. The van der Waals surface area contributed by atoms with E-state index in [4.69, 9.17) is 4.74 Å². The molecule has 0 aliphatic carbocycles. The average Bonchev–Trinajstić information content (AvgIpc) is 3.19. The maximum atomic E-state index is 6.07. The van der Waals surface area contributed by atoms with Gasteiger partial charge in [-0.15, -0.1) is 0 Å². The van der Waals surface area contributed by atoms with Gasteiger partial charge in [-0.2, -0.15) is 0 Å². The van der Waals surface area contributed by atoms with Crippen LogP contribution < -0.4 is 15.0 Å². The summed E-state index contributed by atoms with van der Waals surface area (Å²) in [5.41, 5.74) is 5.52. The Bertz CT molecular complexity index is 784. The highest BCUT2D eigenvalue weighted by Gasteiger charge is 2.21. The van der Waals surface area contributed by atoms with Crippen LogP contribution in [-0.4, -0.2) is 69.8 Å². The fourth-order valence-corrected chi connectivity index (χ4v) is 4.11. The molecular weight excluding hydrogens is 348 g/mol. The standard InChI is InChI=1S/C23H32N4O/c1-25(2)16-17-28-22-9-4-3-8-21(22)27-14-12-26(13-15-27)18-20-7-5-6-19-10-11-24-23(19)20/h3-9,24H,10-18H2,1-2H3. The SMILES string of the molecule is CN(C)CCOc1ccccc1N1CCN(Cc2cccc3c2NCC3)CC1. The largest absolute Gasteiger partial charge is 0.490 e. The topological polar surface area (TPSA) is 31.0 Å². The van der Waals surface area contributed by atoms with Crippen LogP contribution in [0.15, 0.2) is 42.5 Å². The lowest BCUT2D eigenvalue weighted by atomic mass is 10.1. The monoisotopic (exact) mass is 380 g/mol. The number of piperazine rings is 1. The third-order valence-corrected chi connectivity index (χ3v) is 5.70. The zero-order chi connectivity index (χ0) is 19.3. The van der Waals surface area contributed by atoms with E-state index in [1.54, 1.807) is 0 Å². The van der Waals surface area contributed by atoms with Crippen LogP contribution in [0.5, 0.6) is 5.75 Å². The predicted octanol–water partition coefficient (Wildman–Crippen LogP) is 2.92. The smallest absolute Gasteiger partial charge is 0.142 e. The maximum Gasteiger partial charge on any atom is 0.142 e. The Balaban J connectivity index is 1.35. The van der Waals surface area contributed by atoms with Gasteiger partial charge in [-0.3, -0.25) is 4.90 Å². The molecule has 0 bridgehead atoms. The molecule has 0 amide bonds. The molecule has 2 aromatic rings. The summed E-state index contributed by atoms with van der Waals surface area (Å²) in [6.45, 7) is 7.99. The van der Waals surface area contributed by atoms with E-state index in [0.29, 0.717) is 0 Å². The Morgan fingerprint density at radius 1 is 1.00 bits per heavy atom. The van der Waals surface area contributed by atoms with Gasteiger partial charge in [-0.25, -0.2) is 0 Å². The van der Waals surface area contributed by atoms with Crippen molar-refractivity contribution >= 4 is 11.4 Å². The van der Waals surface area contributed by atoms with Crippen LogP contribution >= 0.6 is 0 Å². The summed E-state index contributed by atoms with van der Waals surface area (Å²) in [6, 6.07) is 15.2. The van der Waals surface area contributed by atoms with Gasteiger partial charge in [0.25, 0.3) is 0 Å². The van der Waals surface area contributed by atoms with Crippen molar-refractivity contribution in [2.45, 2.75) is 13.0 Å². The minimum absolute atomic E-state index is 0.718. The van der Waals surface area contributed by atoms with Gasteiger partial charge in [0.15, 0.2) is 0 Å². The van der Waals surface area contributed by atoms with E-state index in [1.807, 2.05) is 0 Å². The Morgan fingerprint density at radius 2 is 1.82 bits per heavy atom. The van der Waals surface area contributed by atoms with Gasteiger partial charge in [-0.05, 0) is 43.8 Å². The molecule has 0 aromatic heterocycles. The number of fused-ring (bicyclic) bond motifs is 1. The summed E-state index contributed by atoms with van der Waals surface area (Å²) in [5.74, 6) is 1.00. The van der Waals surface area contributed by atoms with Crippen LogP contribution in [0, 0.1) is 0 Å². The highest BCUT2D eigenvalue weighted by molar-refractivity contribution is 5.61. The van der Waals surface area contributed by atoms with Crippen molar-refractivity contribution in [3.63, 3.8) is 0 Å². The van der Waals surface area contributed by atoms with Gasteiger partial charge >= 0.3 is 0 Å². The number of nitrogens with one attached hydrogen (secondary N) is 1. The number of nitrogens with zero attached hydrogens (tertiary/aromatic N) is 3. The van der Waals surface area contributed by atoms with E-state index in [1.165, 1.54) is 22.5 Å². The summed E-state index contributed by atoms with van der Waals surface area (Å²) in [7, 11) is 4.15. The number of ether oxygens (including phenoxy) is 1. The Labute approximate surface area is 168 Å². The zero-order valence-electron chi connectivity index (χ0n) is 17.2. The molecule has 2 aromatic carbocycles. The number of anilines is 2. The number of benzene rings is 2. The molecule has 0 unspecified atom stereocenters. The second-order valence-electron chi connectivity index (χ2n) is 8.01. The first kappa shape index (κ1) is 19.1. The second kappa shape index (κ2) is 8.84. The van der Waals surface area contributed by atoms with Crippen LogP contribution in [-0.2, 0) is 13.0 Å². The van der Waals surface area contributed by atoms with Crippen molar-refractivity contribution in [1.82, 2.24) is 9.80 Å². The van der Waals surface area contributed by atoms with Crippen molar-refractivity contribution in [3.05, 3.63) is 53.6 Å². The fourth-order valence-electron chi connectivity index (χ4n) is 4.11. The minimum Gasteiger partial charge on any atom is -0.490 e. The van der Waals surface area contributed by atoms with Crippen molar-refractivity contribution in [1.29, 1.82) is 0 Å². The van der Waals surface area contributed by atoms with Gasteiger partial charge in [0.05, 0.1) is 5.69 Å². The van der Waals surface area contributed by atoms with Crippen LogP contribution in [0.1, 0.15) is 11.1 Å². The van der Waals surface area contributed by atoms with Crippen molar-refractivity contribution in [2.24, 2.45) is 0 Å². The molecule has 2 aliphatic heterocycles. The third kappa shape index (κ3) is 4.42. The Morgan fingerprint density at radius 3 is 2.64 bits per heavy atom. The third-order valence-electron chi connectivity index (χ3n) is 5.70. The number of hydrogen-bond donors (Lipinski definition) is 1. The molecule has 1 saturated heterocycles. The molecule has 5 heteroatoms. The normalized spacial score (nSPS) is 16.9. The van der Waals surface area contributed by atoms with Gasteiger partial charge in [0, 0.05) is 51.5 Å². The van der Waals surface area contributed by atoms with Gasteiger partial charge in [-0.1, -0.05) is 30.3 Å². The summed E-state index contributed by atoms with van der Waals surface area (Å²) in [6.07, 6.45) is 1.15. The molecular formula is C23H32N4O.